The summed E-state index contributed by atoms with van der Waals surface area (Å²) in [5.74, 6) is -1.83. The van der Waals surface area contributed by atoms with E-state index in [2.05, 4.69) is 4.98 Å². The Labute approximate surface area is 191 Å². The third kappa shape index (κ3) is 7.14. The Morgan fingerprint density at radius 2 is 2.00 bits per heavy atom. The molecule has 2 atom stereocenters. The van der Waals surface area contributed by atoms with E-state index in [1.165, 1.54) is 19.3 Å². The van der Waals surface area contributed by atoms with Gasteiger partial charge in [0.1, 0.15) is 0 Å². The highest BCUT2D eigenvalue weighted by molar-refractivity contribution is 5.78. The van der Waals surface area contributed by atoms with E-state index in [1.807, 2.05) is 23.1 Å². The summed E-state index contributed by atoms with van der Waals surface area (Å²) in [6.07, 6.45) is 4.31. The van der Waals surface area contributed by atoms with E-state index in [-0.39, 0.29) is 17.4 Å². The first-order chi connectivity index (χ1) is 15.7. The van der Waals surface area contributed by atoms with E-state index in [4.69, 9.17) is 19.4 Å². The number of carbonyl (C=O) groups excluding carboxylic acids is 1. The van der Waals surface area contributed by atoms with Crippen molar-refractivity contribution in [2.75, 3.05) is 32.9 Å². The highest BCUT2D eigenvalue weighted by Crippen LogP contribution is 2.41. The zero-order valence-corrected chi connectivity index (χ0v) is 18.6. The molecule has 1 aliphatic carbocycles. The number of halogens is 3. The van der Waals surface area contributed by atoms with Crippen molar-refractivity contribution in [3.05, 3.63) is 30.1 Å². The molecule has 1 N–H and O–H groups in total. The molecule has 184 valence electrons. The number of aromatic nitrogens is 1. The molecule has 1 amide bonds. The standard InChI is InChI=1S/C21H30N2O3.C2HF3O2/c24-20(13-18-7-1-2-10-22-18)23-11-8-19-21(15-23,9-4-12-26-19)16-25-14-17-5-3-6-17;3-2(4,5)1(6)7/h1-2,7,10,17,19H,3-6,8-9,11-16H2;(H,6,7). The number of pyridine rings is 1. The fourth-order valence-corrected chi connectivity index (χ4v) is 4.57. The van der Waals surface area contributed by atoms with Gasteiger partial charge in [0.15, 0.2) is 0 Å². The molecule has 2 unspecified atom stereocenters. The second kappa shape index (κ2) is 11.3. The van der Waals surface area contributed by atoms with Crippen LogP contribution in [0.5, 0.6) is 0 Å². The average Bonchev–Trinajstić information content (AvgIpc) is 2.75. The molecule has 1 saturated carbocycles. The van der Waals surface area contributed by atoms with Crippen LogP contribution in [-0.2, 0) is 25.5 Å². The Morgan fingerprint density at radius 1 is 1.24 bits per heavy atom. The summed E-state index contributed by atoms with van der Waals surface area (Å²) in [6.45, 7) is 3.98. The van der Waals surface area contributed by atoms with E-state index in [0.717, 1.165) is 63.8 Å². The molecule has 0 spiro atoms. The number of carbonyl (C=O) groups is 2. The van der Waals surface area contributed by atoms with Crippen LogP contribution in [0.3, 0.4) is 0 Å². The molecular weight excluding hydrogens is 441 g/mol. The zero-order chi connectivity index (χ0) is 23.9. The van der Waals surface area contributed by atoms with Crippen LogP contribution in [0.2, 0.25) is 0 Å². The van der Waals surface area contributed by atoms with Gasteiger partial charge in [-0.3, -0.25) is 9.78 Å². The average molecular weight is 473 g/mol. The largest absolute Gasteiger partial charge is 0.490 e. The fraction of sp³-hybridized carbons (Fsp3) is 0.696. The highest BCUT2D eigenvalue weighted by Gasteiger charge is 2.47. The molecule has 0 aromatic carbocycles. The lowest BCUT2D eigenvalue weighted by molar-refractivity contribution is -0.192. The molecule has 0 bridgehead atoms. The predicted molar refractivity (Wildman–Crippen MR) is 112 cm³/mol. The number of aliphatic carboxylic acids is 1. The van der Waals surface area contributed by atoms with Crippen LogP contribution >= 0.6 is 0 Å². The van der Waals surface area contributed by atoms with Crippen molar-refractivity contribution < 1.29 is 37.3 Å². The molecular formula is C23H31F3N2O5. The number of rotatable bonds is 6. The molecule has 1 aromatic heterocycles. The lowest BCUT2D eigenvalue weighted by Gasteiger charge is -2.50. The van der Waals surface area contributed by atoms with Gasteiger partial charge >= 0.3 is 12.1 Å². The number of alkyl halides is 3. The number of amides is 1. The molecule has 3 aliphatic rings. The molecule has 10 heteroatoms. The molecule has 2 aliphatic heterocycles. The second-order valence-corrected chi connectivity index (χ2v) is 9.04. The molecule has 1 aromatic rings. The molecule has 0 radical (unpaired) electrons. The van der Waals surface area contributed by atoms with Gasteiger partial charge in [0, 0.05) is 43.6 Å². The zero-order valence-electron chi connectivity index (χ0n) is 18.6. The quantitative estimate of drug-likeness (QED) is 0.682. The fourth-order valence-electron chi connectivity index (χ4n) is 4.57. The lowest BCUT2D eigenvalue weighted by atomic mass is 9.73. The lowest BCUT2D eigenvalue weighted by Crippen LogP contribution is -2.58. The van der Waals surface area contributed by atoms with Crippen LogP contribution in [0, 0.1) is 11.3 Å². The highest BCUT2D eigenvalue weighted by atomic mass is 19.4. The van der Waals surface area contributed by atoms with Gasteiger partial charge in [-0.05, 0) is 50.2 Å². The topological polar surface area (TPSA) is 89.0 Å². The Kier molecular flexibility index (Phi) is 8.69. The number of ether oxygens (including phenoxy) is 2. The van der Waals surface area contributed by atoms with Crippen LogP contribution in [0.4, 0.5) is 13.2 Å². The van der Waals surface area contributed by atoms with Gasteiger partial charge in [-0.2, -0.15) is 13.2 Å². The van der Waals surface area contributed by atoms with E-state index in [0.29, 0.717) is 6.42 Å². The predicted octanol–water partition coefficient (Wildman–Crippen LogP) is 3.47. The van der Waals surface area contributed by atoms with Crippen molar-refractivity contribution in [2.24, 2.45) is 11.3 Å². The number of nitrogens with zero attached hydrogens (tertiary/aromatic N) is 2. The monoisotopic (exact) mass is 472 g/mol. The van der Waals surface area contributed by atoms with Gasteiger partial charge < -0.3 is 19.5 Å². The van der Waals surface area contributed by atoms with Gasteiger partial charge in [0.25, 0.3) is 0 Å². The van der Waals surface area contributed by atoms with E-state index in [1.54, 1.807) is 6.20 Å². The first kappa shape index (κ1) is 25.4. The SMILES string of the molecule is O=C(Cc1ccccn1)N1CCC2OCCCC2(COCC2CCC2)C1.O=C(O)C(F)(F)F. The van der Waals surface area contributed by atoms with Crippen molar-refractivity contribution in [1.29, 1.82) is 0 Å². The maximum Gasteiger partial charge on any atom is 0.490 e. The number of piperidine rings is 1. The Bertz CT molecular complexity index is 788. The third-order valence-corrected chi connectivity index (χ3v) is 6.61. The van der Waals surface area contributed by atoms with Crippen molar-refractivity contribution in [1.82, 2.24) is 9.88 Å². The molecule has 33 heavy (non-hydrogen) atoms. The van der Waals surface area contributed by atoms with Gasteiger partial charge in [-0.25, -0.2) is 4.79 Å². The second-order valence-electron chi connectivity index (χ2n) is 9.04. The first-order valence-electron chi connectivity index (χ1n) is 11.4. The van der Waals surface area contributed by atoms with Crippen LogP contribution in [-0.4, -0.2) is 72.1 Å². The van der Waals surface area contributed by atoms with E-state index >= 15 is 0 Å². The van der Waals surface area contributed by atoms with Gasteiger partial charge in [-0.1, -0.05) is 12.5 Å². The van der Waals surface area contributed by atoms with Crippen molar-refractivity contribution in [2.45, 2.75) is 57.2 Å². The van der Waals surface area contributed by atoms with Gasteiger partial charge in [0.2, 0.25) is 5.91 Å². The minimum Gasteiger partial charge on any atom is -0.475 e. The maximum absolute atomic E-state index is 12.8. The number of hydrogen-bond acceptors (Lipinski definition) is 5. The minimum absolute atomic E-state index is 0.0278. The number of fused-ring (bicyclic) bond motifs is 1. The molecule has 3 heterocycles. The Hall–Kier alpha value is -2.20. The molecule has 3 fully saturated rings. The minimum atomic E-state index is -5.08. The summed E-state index contributed by atoms with van der Waals surface area (Å²) < 4.78 is 44.0. The summed E-state index contributed by atoms with van der Waals surface area (Å²) in [6, 6.07) is 5.74. The van der Waals surface area contributed by atoms with Crippen molar-refractivity contribution in [3.63, 3.8) is 0 Å². The number of carboxylic acid groups (broad SMARTS) is 1. The molecule has 2 saturated heterocycles. The summed E-state index contributed by atoms with van der Waals surface area (Å²) in [4.78, 5) is 28.0. The summed E-state index contributed by atoms with van der Waals surface area (Å²) in [5, 5.41) is 7.12. The number of carboxylic acids is 1. The van der Waals surface area contributed by atoms with Gasteiger partial charge in [0.05, 0.1) is 19.1 Å². The smallest absolute Gasteiger partial charge is 0.475 e. The van der Waals surface area contributed by atoms with E-state index < -0.39 is 12.1 Å². The van der Waals surface area contributed by atoms with Crippen molar-refractivity contribution >= 4 is 11.9 Å². The summed E-state index contributed by atoms with van der Waals surface area (Å²) >= 11 is 0. The summed E-state index contributed by atoms with van der Waals surface area (Å²) in [7, 11) is 0. The summed E-state index contributed by atoms with van der Waals surface area (Å²) in [5.41, 5.74) is 0.815. The number of hydrogen-bond donors (Lipinski definition) is 1. The third-order valence-electron chi connectivity index (χ3n) is 6.61. The Morgan fingerprint density at radius 3 is 2.61 bits per heavy atom. The Balaban J connectivity index is 0.000000383. The van der Waals surface area contributed by atoms with Crippen molar-refractivity contribution in [3.8, 4) is 0 Å². The first-order valence-corrected chi connectivity index (χ1v) is 11.4. The van der Waals surface area contributed by atoms with E-state index in [9.17, 15) is 18.0 Å². The maximum atomic E-state index is 12.8. The van der Waals surface area contributed by atoms with Crippen LogP contribution in [0.1, 0.15) is 44.2 Å². The molecule has 4 rings (SSSR count). The van der Waals surface area contributed by atoms with Crippen LogP contribution in [0.25, 0.3) is 0 Å². The van der Waals surface area contributed by atoms with Crippen LogP contribution in [0.15, 0.2) is 24.4 Å². The number of likely N-dealkylation sites (tertiary alicyclic amines) is 1. The van der Waals surface area contributed by atoms with Gasteiger partial charge in [-0.15, -0.1) is 0 Å². The molecule has 7 nitrogen and oxygen atoms in total. The van der Waals surface area contributed by atoms with Crippen LogP contribution < -0.4 is 0 Å². The normalized spacial score (nSPS) is 25.3.